The van der Waals surface area contributed by atoms with Gasteiger partial charge in [0.15, 0.2) is 29.7 Å². The van der Waals surface area contributed by atoms with Gasteiger partial charge in [-0.2, -0.15) is 0 Å². The standard InChI is InChI=1S/C37H36Cl2FN3O7/c1-47-32-9-6-24(15-34(32)48-2)33(17-27-28(38)18-41-19-29(27)39)49-36(45)25-5-3-4-22(14-25)20-43(31-8-7-26(44)16-30(31)40)37(46)50-35-21-42-12-10-23(35)11-13-42/h3-9,14-16,18-19,23,33,35,44H,10-13,17,20-21H2,1-2H3/p+1/t33-,35-/m0/s1. The number of nitrogens with zero attached hydrogens (tertiary/aromatic N) is 2. The third-order valence-corrected chi connectivity index (χ3v) is 9.88. The molecule has 1 amide bonds. The van der Waals surface area contributed by atoms with Crippen LogP contribution in [0.2, 0.25) is 10.0 Å². The normalized spacial score (nSPS) is 18.6. The second-order valence-electron chi connectivity index (χ2n) is 12.3. The van der Waals surface area contributed by atoms with Gasteiger partial charge in [-0.3, -0.25) is 9.80 Å². The first-order valence-corrected chi connectivity index (χ1v) is 16.9. The van der Waals surface area contributed by atoms with Gasteiger partial charge in [0.2, 0.25) is 0 Å². The minimum atomic E-state index is -0.845. The summed E-state index contributed by atoms with van der Waals surface area (Å²) in [7, 11) is 3.03. The molecule has 4 heterocycles. The molecule has 0 radical (unpaired) electrons. The van der Waals surface area contributed by atoms with Crippen LogP contribution in [-0.4, -0.2) is 62.0 Å². The fraction of sp³-hybridized carbons (Fsp3) is 0.324. The predicted octanol–water partition coefficient (Wildman–Crippen LogP) is 7.05. The summed E-state index contributed by atoms with van der Waals surface area (Å²) in [6.07, 6.45) is 3.31. The van der Waals surface area contributed by atoms with E-state index >= 15 is 4.39 Å². The van der Waals surface area contributed by atoms with Crippen LogP contribution in [0.3, 0.4) is 0 Å². The van der Waals surface area contributed by atoms with Gasteiger partial charge in [-0.25, -0.2) is 19.0 Å². The van der Waals surface area contributed by atoms with Crippen molar-refractivity contribution in [2.24, 2.45) is 5.92 Å². The van der Waals surface area contributed by atoms with Crippen molar-refractivity contribution in [2.45, 2.75) is 38.0 Å². The zero-order chi connectivity index (χ0) is 35.4. The summed E-state index contributed by atoms with van der Waals surface area (Å²) >= 11 is 13.0. The molecule has 3 aromatic carbocycles. The first-order chi connectivity index (χ1) is 24.1. The first-order valence-electron chi connectivity index (χ1n) is 16.2. The molecule has 1 aromatic heterocycles. The molecular formula is C37H37Cl2FN3O7+. The number of hydrogen-bond donors (Lipinski definition) is 1. The van der Waals surface area contributed by atoms with Crippen molar-refractivity contribution >= 4 is 41.0 Å². The molecule has 3 saturated heterocycles. The monoisotopic (exact) mass is 724 g/mol. The van der Waals surface area contributed by atoms with Crippen molar-refractivity contribution in [3.05, 3.63) is 111 Å². The summed E-state index contributed by atoms with van der Waals surface area (Å²) in [6.45, 7) is 2.44. The number of aromatic nitrogens is 1. The number of H-pyrrole nitrogens is 1. The number of aromatic hydroxyl groups is 1. The lowest BCUT2D eigenvalue weighted by molar-refractivity contribution is -0.377. The molecule has 13 heteroatoms. The van der Waals surface area contributed by atoms with Crippen LogP contribution in [0.5, 0.6) is 17.2 Å². The zero-order valence-electron chi connectivity index (χ0n) is 27.5. The van der Waals surface area contributed by atoms with Gasteiger partial charge in [0, 0.05) is 24.6 Å². The lowest BCUT2D eigenvalue weighted by Gasteiger charge is -2.44. The molecule has 10 nitrogen and oxygen atoms in total. The van der Waals surface area contributed by atoms with Crippen LogP contribution in [0.25, 0.3) is 0 Å². The number of piperidine rings is 3. The van der Waals surface area contributed by atoms with Crippen molar-refractivity contribution in [3.8, 4) is 17.2 Å². The van der Waals surface area contributed by atoms with Gasteiger partial charge in [0.1, 0.15) is 28.0 Å². The average Bonchev–Trinajstić information content (AvgIpc) is 3.12. The summed E-state index contributed by atoms with van der Waals surface area (Å²) in [5, 5.41) is 10.6. The minimum absolute atomic E-state index is 0.0653. The molecule has 0 saturated carbocycles. The molecule has 7 rings (SSSR count). The van der Waals surface area contributed by atoms with Crippen LogP contribution in [-0.2, 0) is 22.4 Å². The number of benzene rings is 3. The smallest absolute Gasteiger partial charge is 0.415 e. The summed E-state index contributed by atoms with van der Waals surface area (Å²) in [5.74, 6) is -0.536. The molecule has 0 spiro atoms. The Hall–Kier alpha value is -4.58. The van der Waals surface area contributed by atoms with Crippen LogP contribution in [0, 0.1) is 11.7 Å². The van der Waals surface area contributed by atoms with E-state index in [4.69, 9.17) is 42.1 Å². The van der Waals surface area contributed by atoms with Gasteiger partial charge in [0.25, 0.3) is 0 Å². The number of fused-ring (bicyclic) bond motifs is 3. The zero-order valence-corrected chi connectivity index (χ0v) is 29.0. The minimum Gasteiger partial charge on any atom is -0.508 e. The number of esters is 1. The van der Waals surface area contributed by atoms with E-state index < -0.39 is 24.0 Å². The topological polar surface area (TPSA) is 112 Å². The highest BCUT2D eigenvalue weighted by molar-refractivity contribution is 6.35. The number of carbonyl (C=O) groups excluding carboxylic acids is 2. The van der Waals surface area contributed by atoms with E-state index in [1.54, 1.807) is 54.9 Å². The lowest BCUT2D eigenvalue weighted by atomic mass is 9.86. The maximum absolute atomic E-state index is 15.2. The number of hydrogen-bond acceptors (Lipinski definition) is 8. The Kier molecular flexibility index (Phi) is 11.0. The largest absolute Gasteiger partial charge is 0.508 e. The van der Waals surface area contributed by atoms with Crippen molar-refractivity contribution in [3.63, 3.8) is 0 Å². The quantitative estimate of drug-likeness (QED) is 0.164. The van der Waals surface area contributed by atoms with E-state index in [0.29, 0.717) is 44.8 Å². The number of phenols is 1. The SMILES string of the molecule is COc1ccc([C@H](Cc2c(Cl)c[nH+]cc2Cl)OC(=O)c2cccc(CN(C(=O)O[C@H]3CN4CCC3CC4)c3ccc(O)cc3F)c2)cc1OC. The van der Waals surface area contributed by atoms with Gasteiger partial charge in [0.05, 0.1) is 32.0 Å². The molecule has 4 aromatic rings. The van der Waals surface area contributed by atoms with Crippen LogP contribution >= 0.6 is 23.2 Å². The number of carbonyl (C=O) groups is 2. The number of aromatic amines is 1. The molecule has 2 bridgehead atoms. The predicted molar refractivity (Wildman–Crippen MR) is 185 cm³/mol. The van der Waals surface area contributed by atoms with E-state index in [1.807, 2.05) is 0 Å². The van der Waals surface area contributed by atoms with Gasteiger partial charge < -0.3 is 24.1 Å². The third kappa shape index (κ3) is 7.90. The summed E-state index contributed by atoms with van der Waals surface area (Å²) in [6, 6.07) is 15.3. The Morgan fingerprint density at radius 2 is 1.74 bits per heavy atom. The van der Waals surface area contributed by atoms with Crippen molar-refractivity contribution in [1.82, 2.24) is 4.90 Å². The van der Waals surface area contributed by atoms with E-state index in [1.165, 1.54) is 31.3 Å². The maximum Gasteiger partial charge on any atom is 0.415 e. The molecule has 2 atom stereocenters. The molecule has 3 fully saturated rings. The van der Waals surface area contributed by atoms with Crippen LogP contribution < -0.4 is 19.4 Å². The number of phenolic OH excluding ortho intramolecular Hbond substituents is 1. The summed E-state index contributed by atoms with van der Waals surface area (Å²) in [5.41, 5.74) is 1.83. The van der Waals surface area contributed by atoms with Crippen LogP contribution in [0.15, 0.2) is 73.1 Å². The van der Waals surface area contributed by atoms with Crippen molar-refractivity contribution < 1.29 is 43.0 Å². The molecule has 3 aliphatic heterocycles. The molecule has 0 unspecified atom stereocenters. The number of ether oxygens (including phenoxy) is 4. The highest BCUT2D eigenvalue weighted by Crippen LogP contribution is 2.36. The van der Waals surface area contributed by atoms with E-state index in [2.05, 4.69) is 9.88 Å². The van der Waals surface area contributed by atoms with E-state index in [9.17, 15) is 14.7 Å². The molecule has 2 N–H and O–H groups in total. The Morgan fingerprint density at radius 3 is 2.40 bits per heavy atom. The van der Waals surface area contributed by atoms with Crippen molar-refractivity contribution in [2.75, 3.05) is 38.8 Å². The fourth-order valence-electron chi connectivity index (χ4n) is 6.51. The summed E-state index contributed by atoms with van der Waals surface area (Å²) < 4.78 is 38.2. The van der Waals surface area contributed by atoms with Crippen molar-refractivity contribution in [1.29, 1.82) is 0 Å². The fourth-order valence-corrected chi connectivity index (χ4v) is 7.05. The Labute approximate surface area is 299 Å². The highest BCUT2D eigenvalue weighted by atomic mass is 35.5. The number of methoxy groups -OCH3 is 2. The number of rotatable bonds is 11. The maximum atomic E-state index is 15.2. The number of halogens is 3. The van der Waals surface area contributed by atoms with E-state index in [-0.39, 0.29) is 42.0 Å². The van der Waals surface area contributed by atoms with Gasteiger partial charge in [-0.1, -0.05) is 41.4 Å². The van der Waals surface area contributed by atoms with E-state index in [0.717, 1.165) is 32.0 Å². The summed E-state index contributed by atoms with van der Waals surface area (Å²) in [4.78, 5) is 33.8. The number of pyridine rings is 1. The Morgan fingerprint density at radius 1 is 1.00 bits per heavy atom. The Balaban J connectivity index is 1.27. The average molecular weight is 726 g/mol. The number of anilines is 1. The molecule has 0 aliphatic carbocycles. The van der Waals surface area contributed by atoms with Crippen LogP contribution in [0.4, 0.5) is 14.9 Å². The molecular weight excluding hydrogens is 688 g/mol. The first kappa shape index (κ1) is 35.3. The molecule has 3 aliphatic rings. The lowest BCUT2D eigenvalue weighted by Crippen LogP contribution is -2.53. The van der Waals surface area contributed by atoms with Gasteiger partial charge in [-0.15, -0.1) is 0 Å². The molecule has 262 valence electrons. The number of nitrogens with one attached hydrogen (secondary N) is 1. The van der Waals surface area contributed by atoms with Crippen LogP contribution in [0.1, 0.15) is 46.0 Å². The second kappa shape index (κ2) is 15.5. The second-order valence-corrected chi connectivity index (χ2v) is 13.1. The van der Waals surface area contributed by atoms with Gasteiger partial charge in [-0.05, 0) is 79.4 Å². The Bertz CT molecular complexity index is 1850. The molecule has 50 heavy (non-hydrogen) atoms. The van der Waals surface area contributed by atoms with Gasteiger partial charge >= 0.3 is 12.1 Å². The highest BCUT2D eigenvalue weighted by Gasteiger charge is 2.38. The number of amides is 1. The third-order valence-electron chi connectivity index (χ3n) is 9.21.